The van der Waals surface area contributed by atoms with Gasteiger partial charge in [-0.15, -0.1) is 11.3 Å². The average molecular weight is 439 g/mol. The quantitative estimate of drug-likeness (QED) is 0.501. The number of benzene rings is 2. The molecule has 0 atom stereocenters. The lowest BCUT2D eigenvalue weighted by Crippen LogP contribution is -2.42. The highest BCUT2D eigenvalue weighted by molar-refractivity contribution is 7.09. The van der Waals surface area contributed by atoms with E-state index >= 15 is 0 Å². The first-order chi connectivity index (χ1) is 15.1. The van der Waals surface area contributed by atoms with Gasteiger partial charge in [0.25, 0.3) is 5.91 Å². The van der Waals surface area contributed by atoms with Gasteiger partial charge in [-0.3, -0.25) is 14.5 Å². The molecule has 0 bridgehead atoms. The minimum atomic E-state index is -0.481. The van der Waals surface area contributed by atoms with Crippen LogP contribution in [0.4, 0.5) is 5.69 Å². The predicted octanol–water partition coefficient (Wildman–Crippen LogP) is 3.47. The van der Waals surface area contributed by atoms with Crippen LogP contribution in [-0.4, -0.2) is 43.7 Å². The first-order valence-corrected chi connectivity index (χ1v) is 10.7. The monoisotopic (exact) mass is 438 g/mol. The summed E-state index contributed by atoms with van der Waals surface area (Å²) in [5.74, 6) is -0.222. The minimum absolute atomic E-state index is 0.115. The molecule has 0 spiro atoms. The lowest BCUT2D eigenvalue weighted by Gasteiger charge is -2.29. The average Bonchev–Trinajstić information content (AvgIpc) is 3.27. The van der Waals surface area contributed by atoms with Crippen molar-refractivity contribution in [2.45, 2.75) is 13.0 Å². The molecule has 31 heavy (non-hydrogen) atoms. The fraction of sp³-hybridized carbons (Fsp3) is 0.261. The summed E-state index contributed by atoms with van der Waals surface area (Å²) >= 11 is 1.56. The first kappa shape index (κ1) is 21.0. The van der Waals surface area contributed by atoms with Crippen LogP contribution in [0, 0.1) is 0 Å². The molecule has 4 rings (SSSR count). The van der Waals surface area contributed by atoms with Gasteiger partial charge < -0.3 is 14.2 Å². The molecule has 2 aromatic carbocycles. The molecular formula is C23H22N2O5S. The van der Waals surface area contributed by atoms with Gasteiger partial charge in [-0.25, -0.2) is 4.98 Å². The van der Waals surface area contributed by atoms with Gasteiger partial charge in [0.1, 0.15) is 18.9 Å². The highest BCUT2D eigenvalue weighted by Crippen LogP contribution is 2.36. The van der Waals surface area contributed by atoms with Crippen LogP contribution in [0.15, 0.2) is 53.9 Å². The molecule has 1 amide bonds. The number of carbonyl (C=O) groups is 2. The molecule has 0 aliphatic carbocycles. The van der Waals surface area contributed by atoms with Crippen LogP contribution < -0.4 is 9.64 Å². The number of rotatable bonds is 8. The van der Waals surface area contributed by atoms with Gasteiger partial charge in [0.15, 0.2) is 6.61 Å². The zero-order valence-electron chi connectivity index (χ0n) is 17.1. The molecule has 160 valence electrons. The lowest BCUT2D eigenvalue weighted by molar-refractivity contribution is -0.144. The van der Waals surface area contributed by atoms with Gasteiger partial charge in [0.2, 0.25) is 0 Å². The summed E-state index contributed by atoms with van der Waals surface area (Å²) in [7, 11) is 1.66. The van der Waals surface area contributed by atoms with Crippen molar-refractivity contribution in [3.8, 4) is 17.0 Å². The van der Waals surface area contributed by atoms with E-state index in [0.29, 0.717) is 18.0 Å². The molecule has 8 heteroatoms. The molecule has 1 aromatic heterocycles. The topological polar surface area (TPSA) is 78.0 Å². The van der Waals surface area contributed by atoms with Crippen molar-refractivity contribution < 1.29 is 23.8 Å². The summed E-state index contributed by atoms with van der Waals surface area (Å²) in [4.78, 5) is 31.0. The molecule has 0 N–H and O–H groups in total. The number of fused-ring (bicyclic) bond motifs is 1. The van der Waals surface area contributed by atoms with E-state index in [2.05, 4.69) is 4.98 Å². The standard InChI is InChI=1S/C23H22N2O5S/c1-28-10-9-21-24-18(15-31-21)17-7-8-20-19(11-17)25(22(26)14-29-20)12-23(27)30-13-16-5-3-2-4-6-16/h2-8,11,15H,9-10,12-14H2,1H3. The number of anilines is 1. The van der Waals surface area contributed by atoms with Crippen molar-refractivity contribution in [1.29, 1.82) is 0 Å². The number of esters is 1. The Bertz CT molecular complexity index is 1070. The number of carbonyl (C=O) groups excluding carboxylic acids is 2. The van der Waals surface area contributed by atoms with Crippen LogP contribution in [-0.2, 0) is 32.1 Å². The van der Waals surface area contributed by atoms with Crippen molar-refractivity contribution in [3.05, 3.63) is 64.5 Å². The molecule has 3 aromatic rings. The molecule has 0 saturated heterocycles. The van der Waals surface area contributed by atoms with E-state index in [4.69, 9.17) is 14.2 Å². The molecule has 1 aliphatic heterocycles. The molecule has 0 radical (unpaired) electrons. The maximum absolute atomic E-state index is 12.5. The van der Waals surface area contributed by atoms with Crippen LogP contribution in [0.5, 0.6) is 5.75 Å². The van der Waals surface area contributed by atoms with Gasteiger partial charge in [0, 0.05) is 24.5 Å². The Morgan fingerprint density at radius 2 is 2.06 bits per heavy atom. The van der Waals surface area contributed by atoms with Crippen molar-refractivity contribution in [1.82, 2.24) is 4.98 Å². The SMILES string of the molecule is COCCc1nc(-c2ccc3c(c2)N(CC(=O)OCc2ccccc2)C(=O)CO3)cs1. The number of ether oxygens (including phenoxy) is 3. The minimum Gasteiger partial charge on any atom is -0.482 e. The van der Waals surface area contributed by atoms with Gasteiger partial charge in [-0.1, -0.05) is 30.3 Å². The van der Waals surface area contributed by atoms with Gasteiger partial charge >= 0.3 is 5.97 Å². The summed E-state index contributed by atoms with van der Waals surface area (Å²) in [5, 5.41) is 2.94. The molecule has 0 fully saturated rings. The van der Waals surface area contributed by atoms with E-state index < -0.39 is 5.97 Å². The lowest BCUT2D eigenvalue weighted by atomic mass is 10.1. The number of methoxy groups -OCH3 is 1. The maximum Gasteiger partial charge on any atom is 0.326 e. The van der Waals surface area contributed by atoms with Crippen molar-refractivity contribution in [3.63, 3.8) is 0 Å². The van der Waals surface area contributed by atoms with Crippen molar-refractivity contribution in [2.24, 2.45) is 0 Å². The van der Waals surface area contributed by atoms with Crippen molar-refractivity contribution >= 4 is 28.9 Å². The fourth-order valence-corrected chi connectivity index (χ4v) is 3.98. The Morgan fingerprint density at radius 1 is 1.23 bits per heavy atom. The summed E-state index contributed by atoms with van der Waals surface area (Å²) in [6.45, 7) is 0.477. The molecule has 7 nitrogen and oxygen atoms in total. The Hall–Kier alpha value is -3.23. The van der Waals surface area contributed by atoms with Gasteiger partial charge in [0.05, 0.1) is 23.0 Å². The highest BCUT2D eigenvalue weighted by Gasteiger charge is 2.28. The summed E-state index contributed by atoms with van der Waals surface area (Å²) < 4.78 is 16.0. The number of amides is 1. The van der Waals surface area contributed by atoms with E-state index in [1.165, 1.54) is 4.90 Å². The van der Waals surface area contributed by atoms with E-state index in [9.17, 15) is 9.59 Å². The number of nitrogens with zero attached hydrogens (tertiary/aromatic N) is 2. The third-order valence-electron chi connectivity index (χ3n) is 4.80. The third kappa shape index (κ3) is 5.10. The predicted molar refractivity (Wildman–Crippen MR) is 117 cm³/mol. The molecule has 0 saturated carbocycles. The van der Waals surface area contributed by atoms with E-state index in [0.717, 1.165) is 28.2 Å². The van der Waals surface area contributed by atoms with Gasteiger partial charge in [-0.2, -0.15) is 0 Å². The highest BCUT2D eigenvalue weighted by atomic mass is 32.1. The van der Waals surface area contributed by atoms with Crippen LogP contribution in [0.2, 0.25) is 0 Å². The second-order valence-corrected chi connectivity index (χ2v) is 7.91. The van der Waals surface area contributed by atoms with E-state index in [-0.39, 0.29) is 25.7 Å². The maximum atomic E-state index is 12.5. The van der Waals surface area contributed by atoms with E-state index in [1.54, 1.807) is 24.5 Å². The Labute approximate surface area is 184 Å². The van der Waals surface area contributed by atoms with Gasteiger partial charge in [-0.05, 0) is 23.8 Å². The summed E-state index contributed by atoms with van der Waals surface area (Å²) in [6.07, 6.45) is 0.743. The fourth-order valence-electron chi connectivity index (χ4n) is 3.20. The van der Waals surface area contributed by atoms with Crippen LogP contribution >= 0.6 is 11.3 Å². The number of hydrogen-bond acceptors (Lipinski definition) is 7. The summed E-state index contributed by atoms with van der Waals surface area (Å²) in [6, 6.07) is 14.9. The first-order valence-electron chi connectivity index (χ1n) is 9.84. The Morgan fingerprint density at radius 3 is 2.87 bits per heavy atom. The van der Waals surface area contributed by atoms with Crippen LogP contribution in [0.3, 0.4) is 0 Å². The molecule has 0 unspecified atom stereocenters. The molecule has 1 aliphatic rings. The zero-order chi connectivity index (χ0) is 21.6. The largest absolute Gasteiger partial charge is 0.482 e. The normalized spacial score (nSPS) is 12.9. The Balaban J connectivity index is 1.50. The number of aromatic nitrogens is 1. The summed E-state index contributed by atoms with van der Waals surface area (Å²) in [5.41, 5.74) is 3.08. The number of thiazole rings is 1. The zero-order valence-corrected chi connectivity index (χ0v) is 17.9. The van der Waals surface area contributed by atoms with E-state index in [1.807, 2.05) is 47.8 Å². The number of hydrogen-bond donors (Lipinski definition) is 0. The second-order valence-electron chi connectivity index (χ2n) is 6.97. The second kappa shape index (κ2) is 9.72. The van der Waals surface area contributed by atoms with Crippen LogP contribution in [0.1, 0.15) is 10.6 Å². The third-order valence-corrected chi connectivity index (χ3v) is 5.71. The molecular weight excluding hydrogens is 416 g/mol. The van der Waals surface area contributed by atoms with Crippen molar-refractivity contribution in [2.75, 3.05) is 31.8 Å². The smallest absolute Gasteiger partial charge is 0.326 e. The van der Waals surface area contributed by atoms with Crippen LogP contribution in [0.25, 0.3) is 11.3 Å². The molecule has 2 heterocycles. The Kier molecular flexibility index (Phi) is 6.59.